The molecular weight excluding hydrogens is 192 g/mol. The fraction of sp³-hybridized carbons (Fsp3) is 0.727. The van der Waals surface area contributed by atoms with Crippen LogP contribution in [0.1, 0.15) is 26.7 Å². The Hall–Kier alpha value is -0.870. The van der Waals surface area contributed by atoms with Crippen LogP contribution in [0.4, 0.5) is 0 Å². The predicted molar refractivity (Wildman–Crippen MR) is 61.5 cm³/mol. The summed E-state index contributed by atoms with van der Waals surface area (Å²) < 4.78 is 5.23. The summed E-state index contributed by atoms with van der Waals surface area (Å²) in [6.45, 7) is 9.15. The van der Waals surface area contributed by atoms with E-state index in [4.69, 9.17) is 10.5 Å². The number of carbonyl (C=O) groups is 1. The lowest BCUT2D eigenvalue weighted by molar-refractivity contribution is -0.122. The summed E-state index contributed by atoms with van der Waals surface area (Å²) in [5.41, 5.74) is 6.60. The van der Waals surface area contributed by atoms with Crippen molar-refractivity contribution >= 4 is 5.91 Å². The molecule has 1 atom stereocenters. The Morgan fingerprint density at radius 3 is 2.80 bits per heavy atom. The largest absolute Gasteiger partial charge is 0.375 e. The molecule has 0 aliphatic heterocycles. The molecule has 0 fully saturated rings. The SMILES string of the molecule is C=C(C)COCCNC(=O)[C@H](N)CCC. The van der Waals surface area contributed by atoms with Crippen LogP contribution in [0.3, 0.4) is 0 Å². The third-order valence-corrected chi connectivity index (χ3v) is 1.83. The zero-order valence-corrected chi connectivity index (χ0v) is 9.71. The molecule has 0 aromatic heterocycles. The van der Waals surface area contributed by atoms with Gasteiger partial charge in [-0.15, -0.1) is 0 Å². The number of hydrogen-bond donors (Lipinski definition) is 2. The van der Waals surface area contributed by atoms with Gasteiger partial charge in [0.05, 0.1) is 19.3 Å². The molecule has 0 aromatic carbocycles. The highest BCUT2D eigenvalue weighted by atomic mass is 16.5. The molecule has 88 valence electrons. The lowest BCUT2D eigenvalue weighted by Gasteiger charge is -2.11. The van der Waals surface area contributed by atoms with Crippen LogP contribution in [0.25, 0.3) is 0 Å². The van der Waals surface area contributed by atoms with E-state index in [-0.39, 0.29) is 5.91 Å². The van der Waals surface area contributed by atoms with Crippen molar-refractivity contribution in [3.05, 3.63) is 12.2 Å². The minimum absolute atomic E-state index is 0.101. The molecule has 0 aromatic rings. The van der Waals surface area contributed by atoms with Gasteiger partial charge < -0.3 is 15.8 Å². The Labute approximate surface area is 91.9 Å². The average Bonchev–Trinajstić information content (AvgIpc) is 2.16. The maximum atomic E-state index is 11.3. The zero-order valence-electron chi connectivity index (χ0n) is 9.71. The van der Waals surface area contributed by atoms with Gasteiger partial charge in [0.2, 0.25) is 5.91 Å². The summed E-state index contributed by atoms with van der Waals surface area (Å²) in [5, 5.41) is 2.72. The normalized spacial score (nSPS) is 12.2. The molecule has 15 heavy (non-hydrogen) atoms. The van der Waals surface area contributed by atoms with Crippen molar-refractivity contribution in [3.8, 4) is 0 Å². The quantitative estimate of drug-likeness (QED) is 0.464. The molecule has 0 bridgehead atoms. The molecule has 3 N–H and O–H groups in total. The van der Waals surface area contributed by atoms with Gasteiger partial charge in [0.1, 0.15) is 0 Å². The molecule has 0 rings (SSSR count). The Bertz CT molecular complexity index is 205. The second-order valence-electron chi connectivity index (χ2n) is 3.70. The number of carbonyl (C=O) groups excluding carboxylic acids is 1. The summed E-state index contributed by atoms with van der Waals surface area (Å²) in [6.07, 6.45) is 1.64. The third-order valence-electron chi connectivity index (χ3n) is 1.83. The first-order valence-electron chi connectivity index (χ1n) is 5.33. The van der Waals surface area contributed by atoms with Crippen LogP contribution in [-0.2, 0) is 9.53 Å². The lowest BCUT2D eigenvalue weighted by atomic mass is 10.2. The third kappa shape index (κ3) is 8.15. The smallest absolute Gasteiger partial charge is 0.236 e. The van der Waals surface area contributed by atoms with Crippen molar-refractivity contribution in [1.29, 1.82) is 0 Å². The van der Waals surface area contributed by atoms with E-state index >= 15 is 0 Å². The summed E-state index contributed by atoms with van der Waals surface area (Å²) in [4.78, 5) is 11.3. The van der Waals surface area contributed by atoms with Crippen molar-refractivity contribution in [2.45, 2.75) is 32.7 Å². The Balaban J connectivity index is 3.42. The van der Waals surface area contributed by atoms with Crippen molar-refractivity contribution in [2.75, 3.05) is 19.8 Å². The first kappa shape index (κ1) is 14.1. The molecule has 0 saturated heterocycles. The van der Waals surface area contributed by atoms with Gasteiger partial charge in [-0.05, 0) is 13.3 Å². The Morgan fingerprint density at radius 2 is 2.27 bits per heavy atom. The van der Waals surface area contributed by atoms with Gasteiger partial charge in [-0.1, -0.05) is 25.5 Å². The van der Waals surface area contributed by atoms with E-state index in [1.54, 1.807) is 0 Å². The van der Waals surface area contributed by atoms with Crippen LogP contribution < -0.4 is 11.1 Å². The summed E-state index contributed by atoms with van der Waals surface area (Å²) in [6, 6.07) is -0.392. The topological polar surface area (TPSA) is 64.3 Å². The van der Waals surface area contributed by atoms with Gasteiger partial charge in [-0.3, -0.25) is 4.79 Å². The fourth-order valence-electron chi connectivity index (χ4n) is 1.07. The van der Waals surface area contributed by atoms with E-state index in [0.29, 0.717) is 19.8 Å². The number of hydrogen-bond acceptors (Lipinski definition) is 3. The molecule has 0 heterocycles. The number of nitrogens with one attached hydrogen (secondary N) is 1. The second kappa shape index (κ2) is 8.44. The maximum Gasteiger partial charge on any atom is 0.236 e. The minimum atomic E-state index is -0.392. The molecule has 1 amide bonds. The Kier molecular flexibility index (Phi) is 7.95. The first-order chi connectivity index (χ1) is 7.07. The minimum Gasteiger partial charge on any atom is -0.375 e. The summed E-state index contributed by atoms with van der Waals surface area (Å²) in [7, 11) is 0. The van der Waals surface area contributed by atoms with E-state index in [1.165, 1.54) is 0 Å². The van der Waals surface area contributed by atoms with Crippen molar-refractivity contribution < 1.29 is 9.53 Å². The number of ether oxygens (including phenoxy) is 1. The van der Waals surface area contributed by atoms with Gasteiger partial charge in [0.15, 0.2) is 0 Å². The highest BCUT2D eigenvalue weighted by Gasteiger charge is 2.10. The second-order valence-corrected chi connectivity index (χ2v) is 3.70. The number of nitrogens with two attached hydrogens (primary N) is 1. The van der Waals surface area contributed by atoms with Crippen molar-refractivity contribution in [1.82, 2.24) is 5.32 Å². The molecular formula is C11H22N2O2. The predicted octanol–water partition coefficient (Wildman–Crippen LogP) is 0.823. The van der Waals surface area contributed by atoms with Crippen LogP contribution in [0, 0.1) is 0 Å². The van der Waals surface area contributed by atoms with E-state index in [2.05, 4.69) is 11.9 Å². The molecule has 4 nitrogen and oxygen atoms in total. The maximum absolute atomic E-state index is 11.3. The Morgan fingerprint density at radius 1 is 1.60 bits per heavy atom. The van der Waals surface area contributed by atoms with Gasteiger partial charge in [-0.2, -0.15) is 0 Å². The zero-order chi connectivity index (χ0) is 11.7. The molecule has 0 aliphatic carbocycles. The monoisotopic (exact) mass is 214 g/mol. The lowest BCUT2D eigenvalue weighted by Crippen LogP contribution is -2.41. The van der Waals surface area contributed by atoms with E-state index in [1.807, 2.05) is 13.8 Å². The fourth-order valence-corrected chi connectivity index (χ4v) is 1.07. The van der Waals surface area contributed by atoms with Gasteiger partial charge in [-0.25, -0.2) is 0 Å². The number of rotatable bonds is 8. The van der Waals surface area contributed by atoms with Crippen molar-refractivity contribution in [3.63, 3.8) is 0 Å². The highest BCUT2D eigenvalue weighted by molar-refractivity contribution is 5.81. The van der Waals surface area contributed by atoms with Crippen molar-refractivity contribution in [2.24, 2.45) is 5.73 Å². The molecule has 0 unspecified atom stereocenters. The van der Waals surface area contributed by atoms with Gasteiger partial charge in [0, 0.05) is 6.54 Å². The van der Waals surface area contributed by atoms with E-state index < -0.39 is 6.04 Å². The van der Waals surface area contributed by atoms with Crippen LogP contribution in [0.15, 0.2) is 12.2 Å². The highest BCUT2D eigenvalue weighted by Crippen LogP contribution is 1.92. The molecule has 4 heteroatoms. The van der Waals surface area contributed by atoms with E-state index in [9.17, 15) is 4.79 Å². The molecule has 0 spiro atoms. The summed E-state index contributed by atoms with van der Waals surface area (Å²) in [5.74, 6) is -0.101. The first-order valence-corrected chi connectivity index (χ1v) is 5.33. The molecule has 0 radical (unpaired) electrons. The van der Waals surface area contributed by atoms with Crippen LogP contribution in [0.2, 0.25) is 0 Å². The van der Waals surface area contributed by atoms with Gasteiger partial charge >= 0.3 is 0 Å². The van der Waals surface area contributed by atoms with E-state index in [0.717, 1.165) is 18.4 Å². The molecule has 0 saturated carbocycles. The number of amides is 1. The van der Waals surface area contributed by atoms with Crippen LogP contribution >= 0.6 is 0 Å². The molecule has 0 aliphatic rings. The standard InChI is InChI=1S/C11H22N2O2/c1-4-5-10(12)11(14)13-6-7-15-8-9(2)3/h10H,2,4-8,12H2,1,3H3,(H,13,14)/t10-/m1/s1. The van der Waals surface area contributed by atoms with Crippen LogP contribution in [-0.4, -0.2) is 31.7 Å². The summed E-state index contributed by atoms with van der Waals surface area (Å²) >= 11 is 0. The average molecular weight is 214 g/mol. The van der Waals surface area contributed by atoms with Gasteiger partial charge in [0.25, 0.3) is 0 Å². The van der Waals surface area contributed by atoms with Crippen LogP contribution in [0.5, 0.6) is 0 Å².